The van der Waals surface area contributed by atoms with Gasteiger partial charge in [-0.2, -0.15) is 0 Å². The Morgan fingerprint density at radius 2 is 2.12 bits per heavy atom. The fraction of sp³-hybridized carbons (Fsp3) is 0.923. The Bertz CT molecular complexity index is 233. The summed E-state index contributed by atoms with van der Waals surface area (Å²) in [5.74, 6) is 0.677. The van der Waals surface area contributed by atoms with Crippen LogP contribution in [0.3, 0.4) is 0 Å². The molecule has 16 heavy (non-hydrogen) atoms. The fourth-order valence-corrected chi connectivity index (χ4v) is 2.55. The van der Waals surface area contributed by atoms with Gasteiger partial charge in [0.05, 0.1) is 0 Å². The van der Waals surface area contributed by atoms with Crippen LogP contribution in [0.4, 0.5) is 4.79 Å². The molecule has 0 aromatic heterocycles. The molecule has 0 saturated carbocycles. The molecular formula is C13H26N2O. The first-order chi connectivity index (χ1) is 7.42. The molecule has 1 unspecified atom stereocenters. The molecule has 1 rings (SSSR count). The van der Waals surface area contributed by atoms with Gasteiger partial charge in [0.2, 0.25) is 0 Å². The van der Waals surface area contributed by atoms with E-state index in [1.807, 2.05) is 11.8 Å². The Balaban J connectivity index is 2.44. The maximum atomic E-state index is 11.7. The lowest BCUT2D eigenvalue weighted by Gasteiger charge is -2.35. The maximum Gasteiger partial charge on any atom is 0.317 e. The number of nitrogens with one attached hydrogen (secondary N) is 1. The normalized spacial score (nSPS) is 22.0. The van der Waals surface area contributed by atoms with E-state index in [1.165, 1.54) is 12.8 Å². The summed E-state index contributed by atoms with van der Waals surface area (Å²) < 4.78 is 0. The summed E-state index contributed by atoms with van der Waals surface area (Å²) in [4.78, 5) is 13.7. The topological polar surface area (TPSA) is 32.3 Å². The third kappa shape index (κ3) is 4.42. The predicted molar refractivity (Wildman–Crippen MR) is 67.4 cm³/mol. The minimum absolute atomic E-state index is 0.112. The molecule has 2 amide bonds. The van der Waals surface area contributed by atoms with Crippen LogP contribution in [0.1, 0.15) is 47.0 Å². The van der Waals surface area contributed by atoms with E-state index in [4.69, 9.17) is 0 Å². The van der Waals surface area contributed by atoms with E-state index in [2.05, 4.69) is 26.1 Å². The quantitative estimate of drug-likeness (QED) is 0.771. The number of rotatable bonds is 2. The maximum absolute atomic E-state index is 11.7. The van der Waals surface area contributed by atoms with E-state index in [1.54, 1.807) is 0 Å². The van der Waals surface area contributed by atoms with Crippen LogP contribution < -0.4 is 5.32 Å². The van der Waals surface area contributed by atoms with Gasteiger partial charge >= 0.3 is 6.03 Å². The molecule has 0 spiro atoms. The predicted octanol–water partition coefficient (Wildman–Crippen LogP) is 2.86. The van der Waals surface area contributed by atoms with Crippen molar-refractivity contribution in [3.63, 3.8) is 0 Å². The van der Waals surface area contributed by atoms with Gasteiger partial charge in [-0.15, -0.1) is 0 Å². The summed E-state index contributed by atoms with van der Waals surface area (Å²) in [6.45, 7) is 11.4. The minimum Gasteiger partial charge on any atom is -0.338 e. The summed E-state index contributed by atoms with van der Waals surface area (Å²) in [5.41, 5.74) is 0.370. The van der Waals surface area contributed by atoms with Crippen molar-refractivity contribution in [1.82, 2.24) is 10.2 Å². The van der Waals surface area contributed by atoms with Gasteiger partial charge in [0.25, 0.3) is 0 Å². The standard InChI is InChI=1S/C13H26N2O/c1-5-14-12(16)15-8-6-7-11(10-15)9-13(2,3)4/h11H,5-10H2,1-4H3,(H,14,16). The Labute approximate surface area is 99.6 Å². The zero-order chi connectivity index (χ0) is 12.2. The zero-order valence-corrected chi connectivity index (χ0v) is 11.2. The molecule has 3 nitrogen and oxygen atoms in total. The molecular weight excluding hydrogens is 200 g/mol. The number of hydrogen-bond acceptors (Lipinski definition) is 1. The number of amides is 2. The largest absolute Gasteiger partial charge is 0.338 e. The molecule has 1 N–H and O–H groups in total. The van der Waals surface area contributed by atoms with Crippen molar-refractivity contribution < 1.29 is 4.79 Å². The van der Waals surface area contributed by atoms with Crippen molar-refractivity contribution in [3.8, 4) is 0 Å². The summed E-state index contributed by atoms with van der Waals surface area (Å²) in [6, 6.07) is 0.112. The van der Waals surface area contributed by atoms with Crippen LogP contribution in [-0.2, 0) is 0 Å². The monoisotopic (exact) mass is 226 g/mol. The fourth-order valence-electron chi connectivity index (χ4n) is 2.55. The number of piperidine rings is 1. The van der Waals surface area contributed by atoms with Gasteiger partial charge in [-0.25, -0.2) is 4.79 Å². The van der Waals surface area contributed by atoms with Crippen LogP contribution in [0.2, 0.25) is 0 Å². The van der Waals surface area contributed by atoms with E-state index in [0.717, 1.165) is 26.1 Å². The minimum atomic E-state index is 0.112. The highest BCUT2D eigenvalue weighted by Crippen LogP contribution is 2.29. The molecule has 0 bridgehead atoms. The summed E-state index contributed by atoms with van der Waals surface area (Å²) >= 11 is 0. The summed E-state index contributed by atoms with van der Waals surface area (Å²) in [6.07, 6.45) is 3.63. The Hall–Kier alpha value is -0.730. The second-order valence-corrected chi connectivity index (χ2v) is 6.05. The Morgan fingerprint density at radius 3 is 2.69 bits per heavy atom. The highest BCUT2D eigenvalue weighted by atomic mass is 16.2. The van der Waals surface area contributed by atoms with Gasteiger partial charge in [-0.05, 0) is 37.5 Å². The molecule has 0 radical (unpaired) electrons. The highest BCUT2D eigenvalue weighted by Gasteiger charge is 2.26. The molecule has 1 aliphatic rings. The third-order valence-electron chi connectivity index (χ3n) is 3.04. The lowest BCUT2D eigenvalue weighted by atomic mass is 9.81. The first-order valence-corrected chi connectivity index (χ1v) is 6.45. The molecule has 1 heterocycles. The van der Waals surface area contributed by atoms with Gasteiger partial charge in [-0.3, -0.25) is 0 Å². The van der Waals surface area contributed by atoms with E-state index in [0.29, 0.717) is 11.3 Å². The second-order valence-electron chi connectivity index (χ2n) is 6.05. The van der Waals surface area contributed by atoms with Crippen LogP contribution >= 0.6 is 0 Å². The molecule has 3 heteroatoms. The third-order valence-corrected chi connectivity index (χ3v) is 3.04. The first-order valence-electron chi connectivity index (χ1n) is 6.45. The van der Waals surface area contributed by atoms with Crippen molar-refractivity contribution in [3.05, 3.63) is 0 Å². The van der Waals surface area contributed by atoms with Crippen molar-refractivity contribution in [1.29, 1.82) is 0 Å². The summed E-state index contributed by atoms with van der Waals surface area (Å²) in [7, 11) is 0. The Kier molecular flexibility index (Phi) is 4.63. The number of hydrogen-bond donors (Lipinski definition) is 1. The van der Waals surface area contributed by atoms with Crippen molar-refractivity contribution >= 4 is 6.03 Å². The molecule has 0 aromatic carbocycles. The lowest BCUT2D eigenvalue weighted by molar-refractivity contribution is 0.146. The number of urea groups is 1. The first kappa shape index (κ1) is 13.3. The molecule has 0 aromatic rings. The SMILES string of the molecule is CCNC(=O)N1CCCC(CC(C)(C)C)C1. The number of likely N-dealkylation sites (tertiary alicyclic amines) is 1. The smallest absolute Gasteiger partial charge is 0.317 e. The lowest BCUT2D eigenvalue weighted by Crippen LogP contribution is -2.45. The van der Waals surface area contributed by atoms with Crippen LogP contribution in [0, 0.1) is 11.3 Å². The van der Waals surface area contributed by atoms with Crippen LogP contribution in [0.15, 0.2) is 0 Å². The summed E-state index contributed by atoms with van der Waals surface area (Å²) in [5, 5.41) is 2.89. The zero-order valence-electron chi connectivity index (χ0n) is 11.2. The molecule has 1 atom stereocenters. The van der Waals surface area contributed by atoms with E-state index in [9.17, 15) is 4.79 Å². The van der Waals surface area contributed by atoms with E-state index in [-0.39, 0.29) is 6.03 Å². The van der Waals surface area contributed by atoms with Crippen molar-refractivity contribution in [2.24, 2.45) is 11.3 Å². The van der Waals surface area contributed by atoms with Gasteiger partial charge in [0.15, 0.2) is 0 Å². The van der Waals surface area contributed by atoms with E-state index >= 15 is 0 Å². The molecule has 1 aliphatic heterocycles. The number of nitrogens with zero attached hydrogens (tertiary/aromatic N) is 1. The van der Waals surface area contributed by atoms with Crippen molar-refractivity contribution in [2.45, 2.75) is 47.0 Å². The molecule has 94 valence electrons. The second kappa shape index (κ2) is 5.55. The molecule has 1 saturated heterocycles. The van der Waals surface area contributed by atoms with E-state index < -0.39 is 0 Å². The van der Waals surface area contributed by atoms with Gasteiger partial charge in [-0.1, -0.05) is 20.8 Å². The van der Waals surface area contributed by atoms with Gasteiger partial charge in [0, 0.05) is 19.6 Å². The van der Waals surface area contributed by atoms with Crippen LogP contribution in [0.5, 0.6) is 0 Å². The Morgan fingerprint density at radius 1 is 1.44 bits per heavy atom. The van der Waals surface area contributed by atoms with Crippen LogP contribution in [-0.4, -0.2) is 30.6 Å². The van der Waals surface area contributed by atoms with Crippen molar-refractivity contribution in [2.75, 3.05) is 19.6 Å². The number of carbonyl (C=O) groups excluding carboxylic acids is 1. The molecule has 0 aliphatic carbocycles. The van der Waals surface area contributed by atoms with Gasteiger partial charge < -0.3 is 10.2 Å². The van der Waals surface area contributed by atoms with Gasteiger partial charge in [0.1, 0.15) is 0 Å². The van der Waals surface area contributed by atoms with Crippen LogP contribution in [0.25, 0.3) is 0 Å². The number of carbonyl (C=O) groups is 1. The highest BCUT2D eigenvalue weighted by molar-refractivity contribution is 5.74. The average molecular weight is 226 g/mol. The average Bonchev–Trinajstić information content (AvgIpc) is 2.16. The molecule has 1 fully saturated rings.